The molecular formula is C18H22N2. The van der Waals surface area contributed by atoms with Crippen molar-refractivity contribution in [2.24, 2.45) is 0 Å². The van der Waals surface area contributed by atoms with Gasteiger partial charge in [0.25, 0.3) is 0 Å². The minimum atomic E-state index is 1.10. The SMILES string of the molecule is CCCc1c(CCC)n2nc(C)cc2c2ccccc12. The summed E-state index contributed by atoms with van der Waals surface area (Å²) in [7, 11) is 0. The molecule has 2 heteroatoms. The normalized spacial score (nSPS) is 11.6. The Morgan fingerprint density at radius 1 is 1.00 bits per heavy atom. The largest absolute Gasteiger partial charge is 0.237 e. The minimum Gasteiger partial charge on any atom is -0.237 e. The van der Waals surface area contributed by atoms with Gasteiger partial charge in [-0.05, 0) is 36.8 Å². The number of nitrogens with zero attached hydrogens (tertiary/aromatic N) is 2. The third kappa shape index (κ3) is 2.00. The zero-order valence-corrected chi connectivity index (χ0v) is 12.6. The molecule has 0 spiro atoms. The van der Waals surface area contributed by atoms with Crippen LogP contribution in [0.5, 0.6) is 0 Å². The average Bonchev–Trinajstić information content (AvgIpc) is 2.84. The van der Waals surface area contributed by atoms with Gasteiger partial charge in [0.2, 0.25) is 0 Å². The van der Waals surface area contributed by atoms with Crippen LogP contribution >= 0.6 is 0 Å². The number of benzene rings is 1. The van der Waals surface area contributed by atoms with E-state index in [-0.39, 0.29) is 0 Å². The van der Waals surface area contributed by atoms with Gasteiger partial charge in [0.1, 0.15) is 0 Å². The fourth-order valence-corrected chi connectivity index (χ4v) is 3.17. The van der Waals surface area contributed by atoms with Crippen molar-refractivity contribution in [2.45, 2.75) is 46.5 Å². The lowest BCUT2D eigenvalue weighted by Gasteiger charge is -2.15. The molecule has 20 heavy (non-hydrogen) atoms. The summed E-state index contributed by atoms with van der Waals surface area (Å²) >= 11 is 0. The molecule has 2 nitrogen and oxygen atoms in total. The van der Waals surface area contributed by atoms with Crippen molar-refractivity contribution in [1.82, 2.24) is 9.61 Å². The van der Waals surface area contributed by atoms with Crippen LogP contribution in [0.3, 0.4) is 0 Å². The highest BCUT2D eigenvalue weighted by Gasteiger charge is 2.14. The molecule has 0 bridgehead atoms. The highest BCUT2D eigenvalue weighted by molar-refractivity contribution is 5.98. The van der Waals surface area contributed by atoms with Gasteiger partial charge in [-0.2, -0.15) is 5.10 Å². The molecule has 0 aliphatic carbocycles. The van der Waals surface area contributed by atoms with Gasteiger partial charge in [0, 0.05) is 11.1 Å². The van der Waals surface area contributed by atoms with Crippen molar-refractivity contribution < 1.29 is 0 Å². The molecule has 0 unspecified atom stereocenters. The van der Waals surface area contributed by atoms with Crippen molar-refractivity contribution >= 4 is 16.3 Å². The topological polar surface area (TPSA) is 17.3 Å². The van der Waals surface area contributed by atoms with E-state index in [1.807, 2.05) is 0 Å². The predicted octanol–water partition coefficient (Wildman–Crippen LogP) is 4.70. The fraction of sp³-hybridized carbons (Fsp3) is 0.389. The molecule has 0 aliphatic heterocycles. The van der Waals surface area contributed by atoms with Crippen molar-refractivity contribution in [3.05, 3.63) is 47.3 Å². The molecule has 0 saturated heterocycles. The van der Waals surface area contributed by atoms with Gasteiger partial charge < -0.3 is 0 Å². The first-order valence-corrected chi connectivity index (χ1v) is 7.65. The van der Waals surface area contributed by atoms with Crippen LogP contribution in [0.25, 0.3) is 16.3 Å². The summed E-state index contributed by atoms with van der Waals surface area (Å²) in [6.45, 7) is 6.58. The van der Waals surface area contributed by atoms with Crippen LogP contribution in [0.1, 0.15) is 43.6 Å². The van der Waals surface area contributed by atoms with Crippen LogP contribution in [0.15, 0.2) is 30.3 Å². The van der Waals surface area contributed by atoms with Crippen molar-refractivity contribution in [1.29, 1.82) is 0 Å². The van der Waals surface area contributed by atoms with Crippen LogP contribution in [0, 0.1) is 6.92 Å². The van der Waals surface area contributed by atoms with E-state index in [9.17, 15) is 0 Å². The summed E-state index contributed by atoms with van der Waals surface area (Å²) in [5.74, 6) is 0. The smallest absolute Gasteiger partial charge is 0.0746 e. The molecule has 3 aromatic rings. The maximum atomic E-state index is 4.74. The monoisotopic (exact) mass is 266 g/mol. The quantitative estimate of drug-likeness (QED) is 0.669. The molecular weight excluding hydrogens is 244 g/mol. The fourth-order valence-electron chi connectivity index (χ4n) is 3.17. The molecule has 0 saturated carbocycles. The molecule has 3 rings (SSSR count). The Morgan fingerprint density at radius 3 is 2.40 bits per heavy atom. The number of aromatic nitrogens is 2. The molecule has 1 aromatic carbocycles. The van der Waals surface area contributed by atoms with Crippen molar-refractivity contribution in [3.8, 4) is 0 Å². The number of hydrogen-bond donors (Lipinski definition) is 0. The molecule has 0 fully saturated rings. The second-order valence-corrected chi connectivity index (χ2v) is 5.55. The van der Waals surface area contributed by atoms with Crippen molar-refractivity contribution in [3.63, 3.8) is 0 Å². The highest BCUT2D eigenvalue weighted by Crippen LogP contribution is 2.29. The third-order valence-corrected chi connectivity index (χ3v) is 3.95. The number of aryl methyl sites for hydroxylation is 3. The van der Waals surface area contributed by atoms with Gasteiger partial charge >= 0.3 is 0 Å². The zero-order chi connectivity index (χ0) is 14.1. The van der Waals surface area contributed by atoms with Gasteiger partial charge in [-0.3, -0.25) is 0 Å². The second-order valence-electron chi connectivity index (χ2n) is 5.55. The predicted molar refractivity (Wildman–Crippen MR) is 85.4 cm³/mol. The molecule has 0 radical (unpaired) electrons. The Kier molecular flexibility index (Phi) is 3.47. The van der Waals surface area contributed by atoms with Gasteiger partial charge in [0.15, 0.2) is 0 Å². The first-order valence-electron chi connectivity index (χ1n) is 7.65. The van der Waals surface area contributed by atoms with Crippen LogP contribution in [0.4, 0.5) is 0 Å². The van der Waals surface area contributed by atoms with E-state index in [0.717, 1.165) is 25.0 Å². The van der Waals surface area contributed by atoms with E-state index in [4.69, 9.17) is 5.10 Å². The van der Waals surface area contributed by atoms with Gasteiger partial charge in [-0.1, -0.05) is 51.0 Å². The third-order valence-electron chi connectivity index (χ3n) is 3.95. The van der Waals surface area contributed by atoms with Crippen molar-refractivity contribution in [2.75, 3.05) is 0 Å². The van der Waals surface area contributed by atoms with E-state index in [1.165, 1.54) is 34.0 Å². The number of fused-ring (bicyclic) bond motifs is 3. The van der Waals surface area contributed by atoms with E-state index in [1.54, 1.807) is 0 Å². The lowest BCUT2D eigenvalue weighted by molar-refractivity contribution is 0.772. The van der Waals surface area contributed by atoms with Crippen LogP contribution in [-0.2, 0) is 12.8 Å². The molecule has 0 aliphatic rings. The van der Waals surface area contributed by atoms with E-state index < -0.39 is 0 Å². The Balaban J connectivity index is 2.47. The van der Waals surface area contributed by atoms with Gasteiger partial charge in [-0.15, -0.1) is 0 Å². The lowest BCUT2D eigenvalue weighted by Crippen LogP contribution is -2.06. The summed E-state index contributed by atoms with van der Waals surface area (Å²) < 4.78 is 2.19. The highest BCUT2D eigenvalue weighted by atomic mass is 15.2. The molecule has 104 valence electrons. The Morgan fingerprint density at radius 2 is 1.70 bits per heavy atom. The summed E-state index contributed by atoms with van der Waals surface area (Å²) in [6, 6.07) is 11.0. The molecule has 2 heterocycles. The molecule has 0 N–H and O–H groups in total. The number of pyridine rings is 1. The van der Waals surface area contributed by atoms with Gasteiger partial charge in [-0.25, -0.2) is 4.52 Å². The maximum Gasteiger partial charge on any atom is 0.0746 e. The standard InChI is InChI=1S/C18H22N2/c1-4-8-15-14-10-6-7-11-16(14)18-12-13(3)19-20(18)17(15)9-5-2/h6-7,10-12H,4-5,8-9H2,1-3H3. The minimum absolute atomic E-state index is 1.10. The van der Waals surface area contributed by atoms with E-state index >= 15 is 0 Å². The number of hydrogen-bond acceptors (Lipinski definition) is 1. The number of rotatable bonds is 4. The first-order chi connectivity index (χ1) is 9.76. The Bertz CT molecular complexity index is 753. The van der Waals surface area contributed by atoms with E-state index in [2.05, 4.69) is 55.6 Å². The summed E-state index contributed by atoms with van der Waals surface area (Å²) in [5, 5.41) is 7.48. The van der Waals surface area contributed by atoms with E-state index in [0.29, 0.717) is 0 Å². The molecule has 0 amide bonds. The molecule has 0 atom stereocenters. The summed E-state index contributed by atoms with van der Waals surface area (Å²) in [6.07, 6.45) is 4.55. The Hall–Kier alpha value is -1.83. The lowest BCUT2D eigenvalue weighted by atomic mass is 9.97. The summed E-state index contributed by atoms with van der Waals surface area (Å²) in [5.41, 5.74) is 5.24. The maximum absolute atomic E-state index is 4.74. The second kappa shape index (κ2) is 5.28. The Labute approximate surface area is 120 Å². The summed E-state index contributed by atoms with van der Waals surface area (Å²) in [4.78, 5) is 0. The van der Waals surface area contributed by atoms with Crippen LogP contribution in [-0.4, -0.2) is 9.61 Å². The van der Waals surface area contributed by atoms with Crippen LogP contribution in [0.2, 0.25) is 0 Å². The average molecular weight is 266 g/mol. The van der Waals surface area contributed by atoms with Crippen LogP contribution < -0.4 is 0 Å². The first kappa shape index (κ1) is 13.2. The zero-order valence-electron chi connectivity index (χ0n) is 12.6. The van der Waals surface area contributed by atoms with Gasteiger partial charge in [0.05, 0.1) is 11.2 Å². The molecule has 2 aromatic heterocycles.